The Kier molecular flexibility index (Phi) is 7.41. The highest BCUT2D eigenvalue weighted by Crippen LogP contribution is 2.35. The zero-order valence-corrected chi connectivity index (χ0v) is 21.3. The highest BCUT2D eigenvalue weighted by atomic mass is 35.5. The summed E-state index contributed by atoms with van der Waals surface area (Å²) in [5.74, 6) is -0.578. The maximum Gasteiger partial charge on any atom is 0.433 e. The first-order chi connectivity index (χ1) is 16.8. The second kappa shape index (κ2) is 10.1. The Hall–Kier alpha value is -2.56. The van der Waals surface area contributed by atoms with Crippen molar-refractivity contribution in [1.82, 2.24) is 4.98 Å². The van der Waals surface area contributed by atoms with Gasteiger partial charge in [0, 0.05) is 39.0 Å². The van der Waals surface area contributed by atoms with Crippen LogP contribution in [0.4, 0.5) is 18.9 Å². The lowest BCUT2D eigenvalue weighted by Gasteiger charge is -2.30. The summed E-state index contributed by atoms with van der Waals surface area (Å²) in [6, 6.07) is 8.66. The topological polar surface area (TPSA) is 94.5 Å². The Morgan fingerprint density at radius 1 is 1.14 bits per heavy atom. The van der Waals surface area contributed by atoms with Gasteiger partial charge < -0.3 is 10.4 Å². The van der Waals surface area contributed by atoms with E-state index >= 15 is 0 Å². The number of halogens is 5. The van der Waals surface area contributed by atoms with Crippen LogP contribution in [-0.2, 0) is 16.0 Å². The smallest absolute Gasteiger partial charge is 0.433 e. The molecule has 0 bridgehead atoms. The molecule has 3 aromatic rings. The second-order valence-electron chi connectivity index (χ2n) is 8.72. The summed E-state index contributed by atoms with van der Waals surface area (Å²) >= 11 is 12.2. The molecule has 1 fully saturated rings. The Bertz CT molecular complexity index is 1450. The average Bonchev–Trinajstić information content (AvgIpc) is 2.78. The van der Waals surface area contributed by atoms with Crippen molar-refractivity contribution >= 4 is 55.5 Å². The Morgan fingerprint density at radius 3 is 2.56 bits per heavy atom. The SMILES string of the molecule is CS(=O)(=O)c1ccc(C([O-])=NC2CCC[C@H](Nc3cc(C(F)(F)F)nc4ccc(Cl)cc34)C2)c(Cl)c1. The van der Waals surface area contributed by atoms with Crippen LogP contribution in [-0.4, -0.2) is 37.6 Å². The number of alkyl halides is 3. The van der Waals surface area contributed by atoms with Gasteiger partial charge in [-0.3, -0.25) is 4.99 Å². The van der Waals surface area contributed by atoms with E-state index in [1.54, 1.807) is 6.07 Å². The van der Waals surface area contributed by atoms with Crippen LogP contribution in [0.15, 0.2) is 52.4 Å². The maximum atomic E-state index is 13.4. The molecule has 0 aliphatic heterocycles. The van der Waals surface area contributed by atoms with E-state index in [0.29, 0.717) is 36.1 Å². The van der Waals surface area contributed by atoms with Gasteiger partial charge in [-0.1, -0.05) is 29.3 Å². The molecule has 2 atom stereocenters. The van der Waals surface area contributed by atoms with E-state index in [-0.39, 0.29) is 38.8 Å². The third kappa shape index (κ3) is 6.04. The minimum absolute atomic E-state index is 0.00566. The van der Waals surface area contributed by atoms with E-state index in [2.05, 4.69) is 15.3 Å². The van der Waals surface area contributed by atoms with E-state index in [0.717, 1.165) is 12.3 Å². The van der Waals surface area contributed by atoms with Gasteiger partial charge in [-0.25, -0.2) is 13.4 Å². The second-order valence-corrected chi connectivity index (χ2v) is 11.6. The van der Waals surface area contributed by atoms with Crippen molar-refractivity contribution in [3.05, 3.63) is 63.8 Å². The standard InChI is InChI=1S/C24H22Cl2F3N3O3S/c1-36(34,35)16-6-7-17(19(26)11-16)23(33)31-15-4-2-3-14(10-15)30-21-12-22(24(27,28)29)32-20-8-5-13(25)9-18(20)21/h5-9,11-12,14-15H,2-4,10H2,1H3,(H,30,32)(H,31,33)/p-1/t14-,15?/m0/s1. The van der Waals surface area contributed by atoms with Crippen molar-refractivity contribution in [1.29, 1.82) is 0 Å². The molecule has 1 heterocycles. The molecule has 1 aliphatic rings. The van der Waals surface area contributed by atoms with Gasteiger partial charge >= 0.3 is 6.18 Å². The number of benzene rings is 2. The number of nitrogens with zero attached hydrogens (tertiary/aromatic N) is 2. The van der Waals surface area contributed by atoms with Gasteiger partial charge in [-0.15, -0.1) is 0 Å². The van der Waals surface area contributed by atoms with Crippen LogP contribution in [0.1, 0.15) is 36.9 Å². The summed E-state index contributed by atoms with van der Waals surface area (Å²) in [7, 11) is -3.48. The molecule has 1 N–H and O–H groups in total. The third-order valence-corrected chi connectivity index (χ3v) is 7.62. The van der Waals surface area contributed by atoms with Crippen molar-refractivity contribution in [2.45, 2.75) is 48.8 Å². The van der Waals surface area contributed by atoms with Gasteiger partial charge in [0.15, 0.2) is 9.84 Å². The number of fused-ring (bicyclic) bond motifs is 1. The van der Waals surface area contributed by atoms with Crippen LogP contribution in [0.2, 0.25) is 10.0 Å². The quantitative estimate of drug-likeness (QED) is 0.330. The number of sulfone groups is 1. The first-order valence-electron chi connectivity index (χ1n) is 11.0. The highest BCUT2D eigenvalue weighted by molar-refractivity contribution is 7.90. The van der Waals surface area contributed by atoms with Gasteiger partial charge in [-0.2, -0.15) is 13.2 Å². The van der Waals surface area contributed by atoms with E-state index < -0.39 is 27.6 Å². The first kappa shape index (κ1) is 26.5. The molecule has 0 saturated heterocycles. The van der Waals surface area contributed by atoms with E-state index in [1.807, 2.05) is 0 Å². The molecule has 12 heteroatoms. The van der Waals surface area contributed by atoms with Crippen molar-refractivity contribution in [3.8, 4) is 0 Å². The van der Waals surface area contributed by atoms with Crippen LogP contribution < -0.4 is 10.4 Å². The lowest BCUT2D eigenvalue weighted by molar-refractivity contribution is -0.213. The fraction of sp³-hybridized carbons (Fsp3) is 0.333. The number of aliphatic imine (C=N–C) groups is 1. The number of hydrogen-bond donors (Lipinski definition) is 1. The molecule has 36 heavy (non-hydrogen) atoms. The largest absolute Gasteiger partial charge is 0.858 e. The fourth-order valence-electron chi connectivity index (χ4n) is 4.23. The molecule has 6 nitrogen and oxygen atoms in total. The molecule has 2 aromatic carbocycles. The predicted octanol–water partition coefficient (Wildman–Crippen LogP) is 5.49. The van der Waals surface area contributed by atoms with E-state index in [9.17, 15) is 26.7 Å². The van der Waals surface area contributed by atoms with Gasteiger partial charge in [0.05, 0.1) is 16.5 Å². The van der Waals surface area contributed by atoms with Crippen LogP contribution in [0.25, 0.3) is 10.9 Å². The van der Waals surface area contributed by atoms with Crippen molar-refractivity contribution in [2.75, 3.05) is 11.6 Å². The zero-order chi connectivity index (χ0) is 26.3. The van der Waals surface area contributed by atoms with Crippen molar-refractivity contribution < 1.29 is 26.7 Å². The number of anilines is 1. The fourth-order valence-corrected chi connectivity index (χ4v) is 5.38. The third-order valence-electron chi connectivity index (χ3n) is 5.97. The van der Waals surface area contributed by atoms with Gasteiger partial charge in [0.2, 0.25) is 0 Å². The molecule has 192 valence electrons. The monoisotopic (exact) mass is 558 g/mol. The Morgan fingerprint density at radius 2 is 1.89 bits per heavy atom. The Labute approximate surface area is 216 Å². The Balaban J connectivity index is 1.58. The molecule has 1 aliphatic carbocycles. The molecule has 1 saturated carbocycles. The average molecular weight is 559 g/mol. The number of nitrogens with one attached hydrogen (secondary N) is 1. The highest BCUT2D eigenvalue weighted by Gasteiger charge is 2.34. The lowest BCUT2D eigenvalue weighted by atomic mass is 9.91. The maximum absolute atomic E-state index is 13.4. The predicted molar refractivity (Wildman–Crippen MR) is 133 cm³/mol. The molecule has 1 unspecified atom stereocenters. The van der Waals surface area contributed by atoms with Crippen molar-refractivity contribution in [2.24, 2.45) is 4.99 Å². The number of hydrogen-bond acceptors (Lipinski definition) is 6. The minimum Gasteiger partial charge on any atom is -0.858 e. The lowest BCUT2D eigenvalue weighted by Crippen LogP contribution is -2.32. The molecule has 0 radical (unpaired) electrons. The van der Waals surface area contributed by atoms with E-state index in [4.69, 9.17) is 23.2 Å². The van der Waals surface area contributed by atoms with Crippen molar-refractivity contribution in [3.63, 3.8) is 0 Å². The molecule has 0 amide bonds. The summed E-state index contributed by atoms with van der Waals surface area (Å²) in [6.07, 6.45) is -1.16. The van der Waals surface area contributed by atoms with Gasteiger partial charge in [0.25, 0.3) is 0 Å². The molecule has 1 aromatic heterocycles. The van der Waals surface area contributed by atoms with Crippen LogP contribution in [0, 0.1) is 0 Å². The minimum atomic E-state index is -4.62. The van der Waals surface area contributed by atoms with Crippen LogP contribution in [0.3, 0.4) is 0 Å². The number of rotatable bonds is 5. The van der Waals surface area contributed by atoms with Gasteiger partial charge in [0.1, 0.15) is 5.69 Å². The molecular weight excluding hydrogens is 538 g/mol. The summed E-state index contributed by atoms with van der Waals surface area (Å²) < 4.78 is 63.7. The normalized spacial score (nSPS) is 19.4. The summed E-state index contributed by atoms with van der Waals surface area (Å²) in [5.41, 5.74) is -0.509. The zero-order valence-electron chi connectivity index (χ0n) is 18.9. The summed E-state index contributed by atoms with van der Waals surface area (Å²) in [5, 5.41) is 16.8. The van der Waals surface area contributed by atoms with Crippen LogP contribution in [0.5, 0.6) is 0 Å². The van der Waals surface area contributed by atoms with Gasteiger partial charge in [-0.05, 0) is 68.0 Å². The molecular formula is C24H21Cl2F3N3O3S-. The van der Waals surface area contributed by atoms with E-state index in [1.165, 1.54) is 30.3 Å². The summed E-state index contributed by atoms with van der Waals surface area (Å²) in [4.78, 5) is 7.97. The number of pyridine rings is 1. The molecule has 4 rings (SSSR count). The first-order valence-corrected chi connectivity index (χ1v) is 13.6. The molecule has 0 spiro atoms. The summed E-state index contributed by atoms with van der Waals surface area (Å²) in [6.45, 7) is 0. The number of aromatic nitrogens is 1. The van der Waals surface area contributed by atoms with Crippen LogP contribution >= 0.6 is 23.2 Å².